The smallest absolute Gasteiger partial charge is 0.477 e. The van der Waals surface area contributed by atoms with Gasteiger partial charge in [0.05, 0.1) is 0 Å². The van der Waals surface area contributed by atoms with Gasteiger partial charge in [0.2, 0.25) is 5.91 Å². The maximum Gasteiger partial charge on any atom is 0.508 e. The fraction of sp³-hybridized carbons (Fsp3) is 0.194. The summed E-state index contributed by atoms with van der Waals surface area (Å²) in [4.78, 5) is 53.2. The van der Waals surface area contributed by atoms with Crippen molar-refractivity contribution in [1.82, 2.24) is 4.90 Å². The van der Waals surface area contributed by atoms with Gasteiger partial charge in [-0.15, -0.1) is 0 Å². The minimum absolute atomic E-state index is 0.0723. The van der Waals surface area contributed by atoms with E-state index in [1.807, 2.05) is 91.0 Å². The molecule has 212 valence electrons. The first-order valence-electron chi connectivity index (χ1n) is 12.8. The molecule has 1 fully saturated rings. The molecule has 0 spiro atoms. The summed E-state index contributed by atoms with van der Waals surface area (Å²) in [7, 11) is 0. The van der Waals surface area contributed by atoms with Gasteiger partial charge in [0.25, 0.3) is 0 Å². The Morgan fingerprint density at radius 1 is 0.951 bits per heavy atom. The van der Waals surface area contributed by atoms with E-state index in [-0.39, 0.29) is 17.1 Å². The number of nitrogens with zero attached hydrogens (tertiary/aromatic N) is 1. The molecule has 0 radical (unpaired) electrons. The van der Waals surface area contributed by atoms with E-state index in [1.54, 1.807) is 0 Å². The minimum atomic E-state index is -3.20. The van der Waals surface area contributed by atoms with Crippen molar-refractivity contribution in [2.75, 3.05) is 6.61 Å². The van der Waals surface area contributed by atoms with Gasteiger partial charge < -0.3 is 14.6 Å². The number of likely N-dealkylation sites (tertiary alicyclic amines) is 1. The first-order valence-corrected chi connectivity index (χ1v) is 15.5. The van der Waals surface area contributed by atoms with Crippen molar-refractivity contribution in [3.05, 3.63) is 104 Å². The molecule has 1 amide bonds. The third-order valence-corrected chi connectivity index (χ3v) is 12.0. The lowest BCUT2D eigenvalue weighted by Gasteiger charge is -2.50. The second-order valence-electron chi connectivity index (χ2n) is 9.21. The summed E-state index contributed by atoms with van der Waals surface area (Å²) >= 11 is 0.833. The number of ether oxygens (including phenoxy) is 2. The molecule has 3 aromatic carbocycles. The van der Waals surface area contributed by atoms with E-state index in [0.717, 1.165) is 27.7 Å². The third-order valence-electron chi connectivity index (χ3n) is 6.65. The monoisotopic (exact) mass is 591 g/mol. The number of carbonyl (C=O) groups is 4. The van der Waals surface area contributed by atoms with Crippen LogP contribution in [-0.4, -0.2) is 56.7 Å². The summed E-state index contributed by atoms with van der Waals surface area (Å²) in [6, 6.07) is 27.8. The van der Waals surface area contributed by atoms with Crippen LogP contribution in [-0.2, 0) is 23.9 Å². The van der Waals surface area contributed by atoms with E-state index >= 15 is 0 Å². The number of hydrogen-bond acceptors (Lipinski definition) is 7. The molecule has 3 unspecified atom stereocenters. The summed E-state index contributed by atoms with van der Waals surface area (Å²) in [6.45, 7) is 3.08. The van der Waals surface area contributed by atoms with Crippen molar-refractivity contribution in [3.8, 4) is 0 Å². The standard InChI is InChI=1S/C31H30NO7PS/c1-4-20-38-31(37)39-21(2)26-27(34)32(29(26)41-22(3)33)28(30(35)36)40(23-14-8-5-9-15-23,24-16-10-6-11-17-24)25-18-12-7-13-19-25/h4-19,21,26,29H,1,20H2,2-3H3,(H,35,36). The number of benzene rings is 3. The molecule has 1 aliphatic heterocycles. The predicted octanol–water partition coefficient (Wildman–Crippen LogP) is 3.99. The number of rotatable bonds is 10. The van der Waals surface area contributed by atoms with Gasteiger partial charge in [-0.2, -0.15) is 0 Å². The van der Waals surface area contributed by atoms with Crippen LogP contribution in [0.2, 0.25) is 0 Å². The summed E-state index contributed by atoms with van der Waals surface area (Å²) in [6.07, 6.45) is -0.594. The molecule has 3 atom stereocenters. The van der Waals surface area contributed by atoms with Gasteiger partial charge in [0, 0.05) is 13.8 Å². The molecule has 10 heteroatoms. The van der Waals surface area contributed by atoms with Crippen LogP contribution in [0.4, 0.5) is 4.79 Å². The highest BCUT2D eigenvalue weighted by Crippen LogP contribution is 2.50. The molecule has 1 saturated heterocycles. The van der Waals surface area contributed by atoms with Crippen molar-refractivity contribution < 1.29 is 33.8 Å². The summed E-state index contributed by atoms with van der Waals surface area (Å²) < 4.78 is 10.2. The van der Waals surface area contributed by atoms with Gasteiger partial charge in [0.15, 0.2) is 5.12 Å². The molecule has 4 rings (SSSR count). The van der Waals surface area contributed by atoms with Crippen LogP contribution in [0.5, 0.6) is 0 Å². The van der Waals surface area contributed by atoms with Crippen LogP contribution in [0.1, 0.15) is 13.8 Å². The molecule has 3 aromatic rings. The number of aliphatic carboxylic acids is 1. The fourth-order valence-electron chi connectivity index (χ4n) is 5.00. The first-order chi connectivity index (χ1) is 19.7. The molecule has 1 N–H and O–H groups in total. The summed E-state index contributed by atoms with van der Waals surface area (Å²) in [5.74, 6) is -2.81. The van der Waals surface area contributed by atoms with E-state index < -0.39 is 42.3 Å². The average molecular weight is 592 g/mol. The Hall–Kier alpha value is -4.07. The second-order valence-corrected chi connectivity index (χ2v) is 13.8. The van der Waals surface area contributed by atoms with Crippen LogP contribution in [0.15, 0.2) is 104 Å². The molecule has 8 nitrogen and oxygen atoms in total. The maximum atomic E-state index is 14.0. The van der Waals surface area contributed by atoms with Crippen LogP contribution >= 0.6 is 18.6 Å². The van der Waals surface area contributed by atoms with Crippen LogP contribution in [0, 0.1) is 5.92 Å². The van der Waals surface area contributed by atoms with Gasteiger partial charge in [-0.3, -0.25) is 14.5 Å². The lowest BCUT2D eigenvalue weighted by atomic mass is 9.92. The van der Waals surface area contributed by atoms with Gasteiger partial charge >= 0.3 is 12.1 Å². The van der Waals surface area contributed by atoms with Crippen LogP contribution in [0.25, 0.3) is 0 Å². The Morgan fingerprint density at radius 2 is 1.41 bits per heavy atom. The Bertz CT molecular complexity index is 1390. The van der Waals surface area contributed by atoms with E-state index in [4.69, 9.17) is 9.47 Å². The Kier molecular flexibility index (Phi) is 9.53. The highest BCUT2D eigenvalue weighted by molar-refractivity contribution is 8.14. The van der Waals surface area contributed by atoms with Crippen molar-refractivity contribution >= 4 is 63.1 Å². The van der Waals surface area contributed by atoms with Crippen molar-refractivity contribution in [1.29, 1.82) is 0 Å². The van der Waals surface area contributed by atoms with Crippen LogP contribution < -0.4 is 15.9 Å². The quantitative estimate of drug-likeness (QED) is 0.163. The fourth-order valence-corrected chi connectivity index (χ4v) is 10.5. The number of carboxylic acids is 1. The number of carbonyl (C=O) groups excluding carboxylic acids is 3. The average Bonchev–Trinajstić information content (AvgIpc) is 2.97. The van der Waals surface area contributed by atoms with Gasteiger partial charge in [-0.1, -0.05) is 115 Å². The zero-order valence-corrected chi connectivity index (χ0v) is 24.3. The zero-order chi connectivity index (χ0) is 29.6. The topological polar surface area (TPSA) is 110 Å². The molecular weight excluding hydrogens is 561 g/mol. The Labute approximate surface area is 242 Å². The SMILES string of the molecule is C=CCOC(=O)OC(C)C1C(=O)N(C(C(=O)O)=P(c2ccccc2)(c2ccccc2)c2ccccc2)C1SC(C)=O. The van der Waals surface area contributed by atoms with E-state index in [1.165, 1.54) is 24.8 Å². The van der Waals surface area contributed by atoms with Crippen molar-refractivity contribution in [3.63, 3.8) is 0 Å². The molecule has 0 aromatic heterocycles. The van der Waals surface area contributed by atoms with Crippen LogP contribution in [0.3, 0.4) is 0 Å². The highest BCUT2D eigenvalue weighted by Gasteiger charge is 2.57. The summed E-state index contributed by atoms with van der Waals surface area (Å²) in [5, 5.41) is 11.9. The highest BCUT2D eigenvalue weighted by atomic mass is 32.2. The maximum absolute atomic E-state index is 14.0. The normalized spacial score (nSPS) is 17.1. The molecule has 0 saturated carbocycles. The number of β-lactam (4-membered cyclic amide) rings is 1. The first kappa shape index (κ1) is 29.9. The molecule has 1 heterocycles. The Balaban J connectivity index is 2.01. The number of thioether (sulfide) groups is 1. The number of amides is 1. The second kappa shape index (κ2) is 13.1. The Morgan fingerprint density at radius 3 is 1.80 bits per heavy atom. The largest absolute Gasteiger partial charge is 0.508 e. The van der Waals surface area contributed by atoms with Gasteiger partial charge in [-0.25, -0.2) is 9.59 Å². The van der Waals surface area contributed by atoms with Crippen molar-refractivity contribution in [2.24, 2.45) is 5.92 Å². The number of carboxylic acid groups (broad SMARTS) is 1. The summed E-state index contributed by atoms with van der Waals surface area (Å²) in [5.41, 5.74) is -0.123. The minimum Gasteiger partial charge on any atom is -0.477 e. The van der Waals surface area contributed by atoms with Gasteiger partial charge in [0.1, 0.15) is 29.4 Å². The van der Waals surface area contributed by atoms with E-state index in [2.05, 4.69) is 6.58 Å². The molecule has 0 aliphatic carbocycles. The zero-order valence-electron chi connectivity index (χ0n) is 22.6. The molecule has 0 bridgehead atoms. The lowest BCUT2D eigenvalue weighted by molar-refractivity contribution is -0.152. The third kappa shape index (κ3) is 5.87. The van der Waals surface area contributed by atoms with Gasteiger partial charge in [-0.05, 0) is 22.8 Å². The van der Waals surface area contributed by atoms with E-state index in [9.17, 15) is 24.3 Å². The molecule has 1 aliphatic rings. The van der Waals surface area contributed by atoms with Crippen molar-refractivity contribution in [2.45, 2.75) is 25.3 Å². The molecule has 41 heavy (non-hydrogen) atoms. The van der Waals surface area contributed by atoms with E-state index in [0.29, 0.717) is 0 Å². The number of hydrogen-bond donors (Lipinski definition) is 1. The molecular formula is C31H30NO7PS. The predicted molar refractivity (Wildman–Crippen MR) is 162 cm³/mol. The lowest BCUT2D eigenvalue weighted by Crippen LogP contribution is -2.67.